The molecule has 0 amide bonds. The van der Waals surface area contributed by atoms with Gasteiger partial charge in [0.1, 0.15) is 33.9 Å². The lowest BCUT2D eigenvalue weighted by Gasteiger charge is -2.11. The molecule has 4 aromatic heterocycles. The first-order chi connectivity index (χ1) is 38.4. The van der Waals surface area contributed by atoms with Gasteiger partial charge >= 0.3 is 7.12 Å². The topological polar surface area (TPSA) is 92.0 Å². The van der Waals surface area contributed by atoms with E-state index < -0.39 is 7.12 Å². The van der Waals surface area contributed by atoms with Crippen molar-refractivity contribution in [2.45, 2.75) is 0 Å². The van der Waals surface area contributed by atoms with Crippen molar-refractivity contribution < 1.29 is 10.0 Å². The zero-order chi connectivity index (χ0) is 52.3. The van der Waals surface area contributed by atoms with E-state index in [0.29, 0.717) is 10.6 Å². The SMILES string of the molecule is Clc1cnc2c(n1)c1c(c3ccccc32)C=C[C+]=C1.OB(O)c1cccc(-c2cccc3c2sc2ccccc23)c1.c1cc(-c2cnc3c4ccccc4c4ccccc4c3n2)cc(-c2cccc3c2sc2ccccc23)c1. The Bertz CT molecular complexity index is 4920. The lowest BCUT2D eigenvalue weighted by molar-refractivity contribution is 0.426. The molecule has 10 heteroatoms. The van der Waals surface area contributed by atoms with E-state index in [1.807, 2.05) is 60.0 Å². The molecule has 16 rings (SSSR count). The van der Waals surface area contributed by atoms with Gasteiger partial charge in [-0.2, -0.15) is 0 Å². The van der Waals surface area contributed by atoms with Crippen molar-refractivity contribution in [3.8, 4) is 33.5 Å². The predicted molar refractivity (Wildman–Crippen MR) is 332 cm³/mol. The van der Waals surface area contributed by atoms with Crippen LogP contribution < -0.4 is 5.46 Å². The van der Waals surface area contributed by atoms with Crippen LogP contribution in [0, 0.1) is 6.08 Å². The van der Waals surface area contributed by atoms with Crippen LogP contribution in [0.25, 0.3) is 140 Å². The van der Waals surface area contributed by atoms with Crippen LogP contribution in [0.1, 0.15) is 11.1 Å². The fraction of sp³-hybridized carbons (Fsp3) is 0. The third kappa shape index (κ3) is 8.34. The molecule has 6 nitrogen and oxygen atoms in total. The molecule has 1 aliphatic carbocycles. The largest absolute Gasteiger partial charge is 0.488 e. The minimum Gasteiger partial charge on any atom is -0.423 e. The maximum Gasteiger partial charge on any atom is 0.488 e. The first-order valence-corrected chi connectivity index (χ1v) is 27.5. The van der Waals surface area contributed by atoms with Crippen molar-refractivity contribution in [1.82, 2.24) is 19.9 Å². The van der Waals surface area contributed by atoms with E-state index in [0.717, 1.165) is 71.7 Å². The standard InChI is InChI=1S/C34H20N2S.C18H13BO2S.C16H8ClN2/c1-3-14-27-24(11-1)25-12-2-4-15-28(25)33-32(27)35-20-30(36-33)22-10-7-9-21(19-22)23-16-8-17-29-26-13-5-6-18-31(26)37-34(23)29;20-19(21)13-6-3-5-12(11-13)14-8-4-9-16-15-7-1-2-10-17(15)22-18(14)16;17-14-9-18-15-12-7-3-1-5-10(12)11-6-2-4-8-13(11)16(15)19-14/h1-20H;1-11,20-21H;1-3,5-9H/q;;+1. The lowest BCUT2D eigenvalue weighted by atomic mass is 9.79. The van der Waals surface area contributed by atoms with Crippen molar-refractivity contribution in [3.63, 3.8) is 0 Å². The molecule has 11 aromatic carbocycles. The minimum absolute atomic E-state index is 0.410. The molecule has 0 radical (unpaired) electrons. The van der Waals surface area contributed by atoms with Gasteiger partial charge in [-0.05, 0) is 56.7 Å². The summed E-state index contributed by atoms with van der Waals surface area (Å²) in [6, 6.07) is 71.3. The summed E-state index contributed by atoms with van der Waals surface area (Å²) in [5.74, 6) is 0. The molecule has 0 aliphatic heterocycles. The summed E-state index contributed by atoms with van der Waals surface area (Å²) in [4.78, 5) is 19.0. The number of hydrogen-bond acceptors (Lipinski definition) is 8. The molecule has 0 saturated heterocycles. The van der Waals surface area contributed by atoms with Crippen LogP contribution in [-0.2, 0) is 0 Å². The Kier molecular flexibility index (Phi) is 12.1. The van der Waals surface area contributed by atoms with Crippen LogP contribution in [0.15, 0.2) is 225 Å². The van der Waals surface area contributed by atoms with Gasteiger partial charge in [-0.3, -0.25) is 4.98 Å². The van der Waals surface area contributed by atoms with Gasteiger partial charge in [0, 0.05) is 73.5 Å². The van der Waals surface area contributed by atoms with E-state index >= 15 is 0 Å². The average molecular weight is 1060 g/mol. The van der Waals surface area contributed by atoms with E-state index in [-0.39, 0.29) is 0 Å². The summed E-state index contributed by atoms with van der Waals surface area (Å²) < 4.78 is 5.14. The van der Waals surface area contributed by atoms with E-state index in [2.05, 4.69) is 192 Å². The highest BCUT2D eigenvalue weighted by molar-refractivity contribution is 7.26. The summed E-state index contributed by atoms with van der Waals surface area (Å²) >= 11 is 9.62. The molecule has 0 atom stereocenters. The Morgan fingerprint density at radius 3 is 1.54 bits per heavy atom. The van der Waals surface area contributed by atoms with Crippen molar-refractivity contribution in [1.29, 1.82) is 0 Å². The maximum absolute atomic E-state index is 9.38. The lowest BCUT2D eigenvalue weighted by Crippen LogP contribution is -2.29. The van der Waals surface area contributed by atoms with Crippen molar-refractivity contribution in [3.05, 3.63) is 247 Å². The average Bonchev–Trinajstić information content (AvgIpc) is 4.21. The maximum atomic E-state index is 9.38. The number of thiophene rings is 2. The second kappa shape index (κ2) is 19.8. The summed E-state index contributed by atoms with van der Waals surface area (Å²) in [5.41, 5.74) is 12.8. The molecule has 0 bridgehead atoms. The molecule has 0 saturated carbocycles. The van der Waals surface area contributed by atoms with Crippen molar-refractivity contribution >= 4 is 154 Å². The molecule has 15 aromatic rings. The van der Waals surface area contributed by atoms with Crippen LogP contribution in [0.2, 0.25) is 5.15 Å². The van der Waals surface area contributed by atoms with Crippen LogP contribution in [0.3, 0.4) is 0 Å². The Labute approximate surface area is 461 Å². The van der Waals surface area contributed by atoms with Gasteiger partial charge in [-0.1, -0.05) is 200 Å². The molecule has 366 valence electrons. The number of halogens is 1. The van der Waals surface area contributed by atoms with Crippen LogP contribution in [0.4, 0.5) is 0 Å². The van der Waals surface area contributed by atoms with E-state index in [1.165, 1.54) is 67.6 Å². The Balaban J connectivity index is 0.000000115. The third-order valence-corrected chi connectivity index (χ3v) is 17.2. The summed E-state index contributed by atoms with van der Waals surface area (Å²) in [5, 5.41) is 31.3. The Morgan fingerprint density at radius 2 is 0.897 bits per heavy atom. The number of hydrogen-bond donors (Lipinski definition) is 2. The quantitative estimate of drug-likeness (QED) is 0.104. The molecule has 0 unspecified atom stereocenters. The molecule has 1 aliphatic rings. The fourth-order valence-corrected chi connectivity index (χ4v) is 13.6. The van der Waals surface area contributed by atoms with E-state index in [9.17, 15) is 10.0 Å². The first-order valence-electron chi connectivity index (χ1n) is 25.5. The Morgan fingerprint density at radius 1 is 0.410 bits per heavy atom. The van der Waals surface area contributed by atoms with E-state index in [1.54, 1.807) is 23.6 Å². The van der Waals surface area contributed by atoms with Gasteiger partial charge in [-0.25, -0.2) is 15.0 Å². The molecule has 0 fully saturated rings. The van der Waals surface area contributed by atoms with Gasteiger partial charge in [-0.15, -0.1) is 22.7 Å². The monoisotopic (exact) mass is 1060 g/mol. The summed E-state index contributed by atoms with van der Waals surface area (Å²) in [6.07, 6.45) is 12.5. The Hall–Kier alpha value is -9.02. The zero-order valence-electron chi connectivity index (χ0n) is 41.5. The highest BCUT2D eigenvalue weighted by atomic mass is 35.5. The fourth-order valence-electron chi connectivity index (χ4n) is 11.0. The normalized spacial score (nSPS) is 11.8. The number of allylic oxidation sites excluding steroid dienone is 2. The molecular weight excluding hydrogens is 1020 g/mol. The van der Waals surface area contributed by atoms with Gasteiger partial charge < -0.3 is 10.0 Å². The van der Waals surface area contributed by atoms with Gasteiger partial charge in [0.2, 0.25) is 0 Å². The molecule has 2 N–H and O–H groups in total. The van der Waals surface area contributed by atoms with E-state index in [4.69, 9.17) is 21.6 Å². The summed E-state index contributed by atoms with van der Waals surface area (Å²) in [6.45, 7) is 0. The number of benzene rings is 11. The molecule has 78 heavy (non-hydrogen) atoms. The first kappa shape index (κ1) is 47.4. The van der Waals surface area contributed by atoms with Crippen LogP contribution in [-0.4, -0.2) is 37.1 Å². The predicted octanol–water partition coefficient (Wildman–Crippen LogP) is 17.3. The number of fused-ring (bicyclic) bond motifs is 18. The zero-order valence-corrected chi connectivity index (χ0v) is 43.9. The summed E-state index contributed by atoms with van der Waals surface area (Å²) in [7, 11) is -1.44. The van der Waals surface area contributed by atoms with Crippen molar-refractivity contribution in [2.24, 2.45) is 0 Å². The highest BCUT2D eigenvalue weighted by Gasteiger charge is 2.22. The van der Waals surface area contributed by atoms with Gasteiger partial charge in [0.25, 0.3) is 0 Å². The smallest absolute Gasteiger partial charge is 0.423 e. The number of nitrogens with zero attached hydrogens (tertiary/aromatic N) is 4. The van der Waals surface area contributed by atoms with Crippen molar-refractivity contribution in [2.75, 3.05) is 0 Å². The second-order valence-electron chi connectivity index (χ2n) is 19.1. The third-order valence-electron chi connectivity index (χ3n) is 14.5. The van der Waals surface area contributed by atoms with Gasteiger partial charge in [0.15, 0.2) is 5.52 Å². The van der Waals surface area contributed by atoms with Gasteiger partial charge in [0.05, 0.1) is 35.2 Å². The van der Waals surface area contributed by atoms with Crippen LogP contribution in [0.5, 0.6) is 0 Å². The number of rotatable bonds is 4. The number of aromatic nitrogens is 4. The minimum atomic E-state index is -1.44. The molecular formula is C68H41BClN4O2S2+. The molecule has 4 heterocycles. The highest BCUT2D eigenvalue weighted by Crippen LogP contribution is 2.43. The van der Waals surface area contributed by atoms with Crippen LogP contribution >= 0.6 is 34.3 Å². The molecule has 0 spiro atoms. The second-order valence-corrected chi connectivity index (χ2v) is 21.6.